The molecule has 0 atom stereocenters. The molecule has 0 saturated carbocycles. The zero-order valence-electron chi connectivity index (χ0n) is 10.6. The summed E-state index contributed by atoms with van der Waals surface area (Å²) in [6, 6.07) is 7.11. The molecule has 0 aromatic heterocycles. The smallest absolute Gasteiger partial charge is 0.122 e. The van der Waals surface area contributed by atoms with Crippen molar-refractivity contribution >= 4 is 5.84 Å². The van der Waals surface area contributed by atoms with Crippen molar-refractivity contribution in [3.8, 4) is 5.75 Å². The van der Waals surface area contributed by atoms with Gasteiger partial charge in [-0.05, 0) is 30.7 Å². The van der Waals surface area contributed by atoms with E-state index < -0.39 is 0 Å². The van der Waals surface area contributed by atoms with E-state index in [1.807, 2.05) is 0 Å². The Morgan fingerprint density at radius 2 is 1.83 bits per heavy atom. The fraction of sp³-hybridized carbons (Fsp3) is 0.462. The highest BCUT2D eigenvalue weighted by Crippen LogP contribution is 2.11. The van der Waals surface area contributed by atoms with Crippen molar-refractivity contribution in [2.24, 2.45) is 5.73 Å². The summed E-state index contributed by atoms with van der Waals surface area (Å²) in [6.07, 6.45) is 0.893. The Balaban J connectivity index is 2.14. The van der Waals surface area contributed by atoms with Crippen LogP contribution in [0.2, 0.25) is 0 Å². The first-order chi connectivity index (χ1) is 8.74. The molecular weight excluding hydrogens is 232 g/mol. The first-order valence-electron chi connectivity index (χ1n) is 5.88. The molecule has 3 N–H and O–H groups in total. The Bertz CT molecular complexity index is 352. The fourth-order valence-electron chi connectivity index (χ4n) is 1.36. The van der Waals surface area contributed by atoms with Gasteiger partial charge >= 0.3 is 0 Å². The number of amidine groups is 1. The Labute approximate surface area is 107 Å². The summed E-state index contributed by atoms with van der Waals surface area (Å²) in [6.45, 7) is 2.46. The molecule has 0 aliphatic rings. The molecule has 0 saturated heterocycles. The van der Waals surface area contributed by atoms with Gasteiger partial charge in [0.15, 0.2) is 0 Å². The van der Waals surface area contributed by atoms with Crippen molar-refractivity contribution in [3.05, 3.63) is 29.8 Å². The van der Waals surface area contributed by atoms with E-state index in [9.17, 15) is 0 Å². The average Bonchev–Trinajstić information content (AvgIpc) is 2.38. The van der Waals surface area contributed by atoms with E-state index in [-0.39, 0.29) is 5.84 Å². The van der Waals surface area contributed by atoms with Gasteiger partial charge in [-0.1, -0.05) is 0 Å². The van der Waals surface area contributed by atoms with Crippen molar-refractivity contribution in [2.45, 2.75) is 6.42 Å². The van der Waals surface area contributed by atoms with Crippen LogP contribution in [0.1, 0.15) is 12.0 Å². The lowest BCUT2D eigenvalue weighted by molar-refractivity contribution is 0.0806. The van der Waals surface area contributed by atoms with Crippen LogP contribution in [0.15, 0.2) is 24.3 Å². The molecular formula is C13H20N2O3. The molecule has 0 amide bonds. The standard InChI is InChI=1S/C13H20N2O3/c1-16-7-2-8-17-9-10-18-12-5-3-11(4-6-12)13(14)15/h3-6H,2,7-10H2,1H3,(H3,14,15). The Hall–Kier alpha value is -1.59. The number of nitrogen functional groups attached to an aromatic ring is 1. The van der Waals surface area contributed by atoms with Crippen LogP contribution in [0.3, 0.4) is 0 Å². The van der Waals surface area contributed by atoms with Gasteiger partial charge in [0.25, 0.3) is 0 Å². The minimum Gasteiger partial charge on any atom is -0.491 e. The number of nitrogens with one attached hydrogen (secondary N) is 1. The quantitative estimate of drug-likeness (QED) is 0.395. The van der Waals surface area contributed by atoms with E-state index >= 15 is 0 Å². The molecule has 0 aliphatic heterocycles. The third-order valence-corrected chi connectivity index (χ3v) is 2.30. The number of benzene rings is 1. The van der Waals surface area contributed by atoms with E-state index in [1.54, 1.807) is 31.4 Å². The van der Waals surface area contributed by atoms with Crippen molar-refractivity contribution in [1.29, 1.82) is 5.41 Å². The second kappa shape index (κ2) is 8.49. The SMILES string of the molecule is COCCCOCCOc1ccc(C(=N)N)cc1. The monoisotopic (exact) mass is 252 g/mol. The molecule has 0 unspecified atom stereocenters. The molecule has 5 nitrogen and oxygen atoms in total. The lowest BCUT2D eigenvalue weighted by Crippen LogP contribution is -2.11. The van der Waals surface area contributed by atoms with E-state index in [2.05, 4.69) is 0 Å². The van der Waals surface area contributed by atoms with Crippen LogP contribution >= 0.6 is 0 Å². The van der Waals surface area contributed by atoms with Gasteiger partial charge in [0.2, 0.25) is 0 Å². The molecule has 0 spiro atoms. The minimum atomic E-state index is 0.0584. The van der Waals surface area contributed by atoms with Crippen molar-refractivity contribution in [3.63, 3.8) is 0 Å². The lowest BCUT2D eigenvalue weighted by atomic mass is 10.2. The molecule has 0 aliphatic carbocycles. The first kappa shape index (κ1) is 14.5. The minimum absolute atomic E-state index is 0.0584. The third-order valence-electron chi connectivity index (χ3n) is 2.30. The maximum absolute atomic E-state index is 7.26. The molecule has 1 rings (SSSR count). The number of hydrogen-bond donors (Lipinski definition) is 2. The summed E-state index contributed by atoms with van der Waals surface area (Å²) in [5.74, 6) is 0.809. The highest BCUT2D eigenvalue weighted by Gasteiger charge is 1.97. The van der Waals surface area contributed by atoms with Crippen LogP contribution in [0, 0.1) is 5.41 Å². The van der Waals surface area contributed by atoms with Gasteiger partial charge in [0.1, 0.15) is 18.2 Å². The molecule has 18 heavy (non-hydrogen) atoms. The van der Waals surface area contributed by atoms with E-state index in [4.69, 9.17) is 25.4 Å². The van der Waals surface area contributed by atoms with Gasteiger partial charge in [-0.25, -0.2) is 0 Å². The van der Waals surface area contributed by atoms with Gasteiger partial charge in [-0.2, -0.15) is 0 Å². The summed E-state index contributed by atoms with van der Waals surface area (Å²) in [5.41, 5.74) is 6.05. The predicted octanol–water partition coefficient (Wildman–Crippen LogP) is 1.40. The normalized spacial score (nSPS) is 10.3. The molecule has 1 aromatic rings. The lowest BCUT2D eigenvalue weighted by Gasteiger charge is -2.07. The molecule has 5 heteroatoms. The number of methoxy groups -OCH3 is 1. The number of rotatable bonds is 9. The summed E-state index contributed by atoms with van der Waals surface area (Å²) in [4.78, 5) is 0. The molecule has 0 fully saturated rings. The van der Waals surface area contributed by atoms with Crippen LogP contribution < -0.4 is 10.5 Å². The van der Waals surface area contributed by atoms with Crippen molar-refractivity contribution in [2.75, 3.05) is 33.5 Å². The van der Waals surface area contributed by atoms with Gasteiger partial charge in [0.05, 0.1) is 6.61 Å². The van der Waals surface area contributed by atoms with Gasteiger partial charge in [-0.15, -0.1) is 0 Å². The van der Waals surface area contributed by atoms with Gasteiger partial charge < -0.3 is 19.9 Å². The fourth-order valence-corrected chi connectivity index (χ4v) is 1.36. The van der Waals surface area contributed by atoms with E-state index in [1.165, 1.54) is 0 Å². The summed E-state index contributed by atoms with van der Waals surface area (Å²) >= 11 is 0. The zero-order chi connectivity index (χ0) is 13.2. The number of ether oxygens (including phenoxy) is 3. The second-order valence-corrected chi connectivity index (χ2v) is 3.75. The zero-order valence-corrected chi connectivity index (χ0v) is 10.6. The van der Waals surface area contributed by atoms with Gasteiger partial charge in [0, 0.05) is 25.9 Å². The molecule has 0 bridgehead atoms. The molecule has 100 valence electrons. The van der Waals surface area contributed by atoms with Crippen LogP contribution in [0.5, 0.6) is 5.75 Å². The maximum atomic E-state index is 7.26. The van der Waals surface area contributed by atoms with E-state index in [0.29, 0.717) is 32.0 Å². The largest absolute Gasteiger partial charge is 0.491 e. The van der Waals surface area contributed by atoms with Crippen LogP contribution in [0.25, 0.3) is 0 Å². The number of nitrogens with two attached hydrogens (primary N) is 1. The van der Waals surface area contributed by atoms with Crippen molar-refractivity contribution < 1.29 is 14.2 Å². The maximum Gasteiger partial charge on any atom is 0.122 e. The summed E-state index contributed by atoms with van der Waals surface area (Å²) < 4.78 is 15.7. The Kier molecular flexibility index (Phi) is 6.83. The first-order valence-corrected chi connectivity index (χ1v) is 5.88. The van der Waals surface area contributed by atoms with Gasteiger partial charge in [-0.3, -0.25) is 5.41 Å². The second-order valence-electron chi connectivity index (χ2n) is 3.75. The molecule has 1 aromatic carbocycles. The van der Waals surface area contributed by atoms with Crippen LogP contribution in [-0.2, 0) is 9.47 Å². The molecule has 0 heterocycles. The van der Waals surface area contributed by atoms with Crippen molar-refractivity contribution in [1.82, 2.24) is 0 Å². The summed E-state index contributed by atoms with van der Waals surface area (Å²) in [7, 11) is 1.67. The average molecular weight is 252 g/mol. The number of hydrogen-bond acceptors (Lipinski definition) is 4. The third kappa shape index (κ3) is 5.65. The topological polar surface area (TPSA) is 77.6 Å². The summed E-state index contributed by atoms with van der Waals surface area (Å²) in [5, 5.41) is 7.26. The predicted molar refractivity (Wildman–Crippen MR) is 70.3 cm³/mol. The van der Waals surface area contributed by atoms with Crippen LogP contribution in [-0.4, -0.2) is 39.4 Å². The highest BCUT2D eigenvalue weighted by atomic mass is 16.5. The molecule has 0 radical (unpaired) electrons. The van der Waals surface area contributed by atoms with E-state index in [0.717, 1.165) is 12.2 Å². The Morgan fingerprint density at radius 1 is 1.11 bits per heavy atom. The van der Waals surface area contributed by atoms with Crippen LogP contribution in [0.4, 0.5) is 0 Å². The Morgan fingerprint density at radius 3 is 2.44 bits per heavy atom. The highest BCUT2D eigenvalue weighted by molar-refractivity contribution is 5.94.